The van der Waals surface area contributed by atoms with Gasteiger partial charge in [0.05, 0.1) is 0 Å². The number of aromatic nitrogens is 3. The maximum absolute atomic E-state index is 12.8. The predicted octanol–water partition coefficient (Wildman–Crippen LogP) is 4.23. The quantitative estimate of drug-likeness (QED) is 0.549. The molecule has 0 saturated heterocycles. The second-order valence-electron chi connectivity index (χ2n) is 6.55. The number of imidazole rings is 1. The Labute approximate surface area is 163 Å². The number of nitrogens with zero attached hydrogens (tertiary/aromatic N) is 3. The van der Waals surface area contributed by atoms with Crippen LogP contribution in [0.5, 0.6) is 5.75 Å². The van der Waals surface area contributed by atoms with E-state index in [1.807, 2.05) is 83.9 Å². The van der Waals surface area contributed by atoms with Crippen LogP contribution in [-0.2, 0) is 20.2 Å². The zero-order valence-electron chi connectivity index (χ0n) is 15.9. The highest BCUT2D eigenvalue weighted by molar-refractivity contribution is 6.06. The Morgan fingerprint density at radius 3 is 2.64 bits per heavy atom. The van der Waals surface area contributed by atoms with Crippen molar-refractivity contribution in [3.8, 4) is 5.75 Å². The molecular weight excluding hydrogens is 352 g/mol. The highest BCUT2D eigenvalue weighted by Gasteiger charge is 2.14. The average molecular weight is 374 g/mol. The summed E-state index contributed by atoms with van der Waals surface area (Å²) in [6, 6.07) is 17.3. The molecule has 0 unspecified atom stereocenters. The molecule has 6 nitrogen and oxygen atoms in total. The van der Waals surface area contributed by atoms with Gasteiger partial charge in [0, 0.05) is 42.6 Å². The first kappa shape index (κ1) is 17.9. The Balaban J connectivity index is 1.46. The van der Waals surface area contributed by atoms with Gasteiger partial charge in [-0.1, -0.05) is 18.2 Å². The third kappa shape index (κ3) is 3.49. The zero-order valence-corrected chi connectivity index (χ0v) is 15.9. The molecule has 4 aromatic rings. The van der Waals surface area contributed by atoms with E-state index < -0.39 is 0 Å². The molecule has 28 heavy (non-hydrogen) atoms. The lowest BCUT2D eigenvalue weighted by molar-refractivity contribution is 0.101. The molecule has 0 aliphatic carbocycles. The second-order valence-corrected chi connectivity index (χ2v) is 6.55. The molecule has 0 aliphatic rings. The molecule has 0 saturated carbocycles. The Morgan fingerprint density at radius 1 is 1.14 bits per heavy atom. The van der Waals surface area contributed by atoms with E-state index in [-0.39, 0.29) is 5.91 Å². The summed E-state index contributed by atoms with van der Waals surface area (Å²) in [5.74, 6) is 1.45. The summed E-state index contributed by atoms with van der Waals surface area (Å²) >= 11 is 0. The third-order valence-corrected chi connectivity index (χ3v) is 4.76. The van der Waals surface area contributed by atoms with Gasteiger partial charge in [-0.15, -0.1) is 0 Å². The number of carbonyl (C=O) groups excluding carboxylic acids is 1. The van der Waals surface area contributed by atoms with Crippen molar-refractivity contribution in [3.05, 3.63) is 78.5 Å². The number of benzene rings is 2. The van der Waals surface area contributed by atoms with E-state index in [0.29, 0.717) is 12.3 Å². The Kier molecular flexibility index (Phi) is 4.85. The van der Waals surface area contributed by atoms with Gasteiger partial charge in [0.25, 0.3) is 5.91 Å². The molecule has 0 fully saturated rings. The molecule has 1 amide bonds. The van der Waals surface area contributed by atoms with Crippen molar-refractivity contribution in [2.75, 3.05) is 5.32 Å². The summed E-state index contributed by atoms with van der Waals surface area (Å²) in [6.45, 7) is 3.17. The van der Waals surface area contributed by atoms with Crippen LogP contribution in [0, 0.1) is 0 Å². The van der Waals surface area contributed by atoms with E-state index in [1.54, 1.807) is 6.20 Å². The molecule has 2 aromatic heterocycles. The molecule has 0 aliphatic heterocycles. The molecule has 2 heterocycles. The SMILES string of the molecule is CCn1c(C(=O)Nc2ccc(OCc3nccn3C)cc2)cc2ccccc21. The molecule has 0 atom stereocenters. The number of carbonyl (C=O) groups is 1. The topological polar surface area (TPSA) is 61.1 Å². The second kappa shape index (κ2) is 7.60. The minimum Gasteiger partial charge on any atom is -0.486 e. The van der Waals surface area contributed by atoms with E-state index in [9.17, 15) is 4.79 Å². The van der Waals surface area contributed by atoms with Crippen LogP contribution >= 0.6 is 0 Å². The first-order valence-corrected chi connectivity index (χ1v) is 9.24. The molecule has 142 valence electrons. The summed E-state index contributed by atoms with van der Waals surface area (Å²) in [6.07, 6.45) is 3.62. The minimum atomic E-state index is -0.125. The molecule has 4 rings (SSSR count). The number of hydrogen-bond donors (Lipinski definition) is 1. The van der Waals surface area contributed by atoms with Crippen molar-refractivity contribution in [1.29, 1.82) is 0 Å². The van der Waals surface area contributed by atoms with Gasteiger partial charge in [-0.3, -0.25) is 4.79 Å². The number of ether oxygens (including phenoxy) is 1. The van der Waals surface area contributed by atoms with E-state index in [1.165, 1.54) is 0 Å². The van der Waals surface area contributed by atoms with Crippen LogP contribution in [0.3, 0.4) is 0 Å². The molecule has 0 bridgehead atoms. The average Bonchev–Trinajstić information content (AvgIpc) is 3.30. The maximum Gasteiger partial charge on any atom is 0.272 e. The number of rotatable bonds is 6. The van der Waals surface area contributed by atoms with Crippen molar-refractivity contribution in [1.82, 2.24) is 14.1 Å². The van der Waals surface area contributed by atoms with Crippen LogP contribution in [-0.4, -0.2) is 20.0 Å². The van der Waals surface area contributed by atoms with Gasteiger partial charge in [-0.2, -0.15) is 0 Å². The number of nitrogens with one attached hydrogen (secondary N) is 1. The Morgan fingerprint density at radius 2 is 1.93 bits per heavy atom. The van der Waals surface area contributed by atoms with Crippen LogP contribution in [0.4, 0.5) is 5.69 Å². The first-order valence-electron chi connectivity index (χ1n) is 9.24. The van der Waals surface area contributed by atoms with E-state index in [4.69, 9.17) is 4.74 Å². The van der Waals surface area contributed by atoms with Crippen LogP contribution in [0.2, 0.25) is 0 Å². The van der Waals surface area contributed by atoms with E-state index in [0.717, 1.165) is 34.7 Å². The standard InChI is InChI=1S/C22H22N4O2/c1-3-26-19-7-5-4-6-16(19)14-20(26)22(27)24-17-8-10-18(11-9-17)28-15-21-23-12-13-25(21)2/h4-14H,3,15H2,1-2H3,(H,24,27). The summed E-state index contributed by atoms with van der Waals surface area (Å²) < 4.78 is 9.69. The van der Waals surface area contributed by atoms with Crippen molar-refractivity contribution < 1.29 is 9.53 Å². The van der Waals surface area contributed by atoms with Crippen LogP contribution in [0.1, 0.15) is 23.2 Å². The fourth-order valence-corrected chi connectivity index (χ4v) is 3.25. The fourth-order valence-electron chi connectivity index (χ4n) is 3.25. The highest BCUT2D eigenvalue weighted by atomic mass is 16.5. The first-order chi connectivity index (χ1) is 13.7. The summed E-state index contributed by atoms with van der Waals surface area (Å²) in [7, 11) is 1.93. The largest absolute Gasteiger partial charge is 0.486 e. The summed E-state index contributed by atoms with van der Waals surface area (Å²) in [5, 5.41) is 4.03. The Bertz CT molecular complexity index is 1110. The van der Waals surface area contributed by atoms with Crippen LogP contribution in [0.25, 0.3) is 10.9 Å². The number of amides is 1. The maximum atomic E-state index is 12.8. The fraction of sp³-hybridized carbons (Fsp3) is 0.182. The van der Waals surface area contributed by atoms with E-state index >= 15 is 0 Å². The number of para-hydroxylation sites is 1. The van der Waals surface area contributed by atoms with Gasteiger partial charge >= 0.3 is 0 Å². The van der Waals surface area contributed by atoms with Crippen LogP contribution in [0.15, 0.2) is 67.0 Å². The summed E-state index contributed by atoms with van der Waals surface area (Å²) in [4.78, 5) is 17.0. The molecule has 2 aromatic carbocycles. The normalized spacial score (nSPS) is 10.9. The Hall–Kier alpha value is -3.54. The lowest BCUT2D eigenvalue weighted by Gasteiger charge is -2.10. The number of anilines is 1. The van der Waals surface area contributed by atoms with Gasteiger partial charge < -0.3 is 19.2 Å². The van der Waals surface area contributed by atoms with Crippen molar-refractivity contribution in [3.63, 3.8) is 0 Å². The van der Waals surface area contributed by atoms with Gasteiger partial charge in [0.15, 0.2) is 0 Å². The lowest BCUT2D eigenvalue weighted by atomic mass is 10.2. The molecular formula is C22H22N4O2. The van der Waals surface area contributed by atoms with Crippen molar-refractivity contribution in [2.45, 2.75) is 20.1 Å². The van der Waals surface area contributed by atoms with Crippen molar-refractivity contribution in [2.24, 2.45) is 7.05 Å². The highest BCUT2D eigenvalue weighted by Crippen LogP contribution is 2.22. The number of aryl methyl sites for hydroxylation is 2. The zero-order chi connectivity index (χ0) is 19.5. The van der Waals surface area contributed by atoms with Crippen LogP contribution < -0.4 is 10.1 Å². The molecule has 0 radical (unpaired) electrons. The van der Waals surface area contributed by atoms with Gasteiger partial charge in [-0.05, 0) is 43.3 Å². The van der Waals surface area contributed by atoms with Gasteiger partial charge in [0.2, 0.25) is 0 Å². The molecule has 1 N–H and O–H groups in total. The number of hydrogen-bond acceptors (Lipinski definition) is 3. The molecule has 0 spiro atoms. The molecule has 6 heteroatoms. The number of fused-ring (bicyclic) bond motifs is 1. The lowest BCUT2D eigenvalue weighted by Crippen LogP contribution is -2.16. The smallest absolute Gasteiger partial charge is 0.272 e. The summed E-state index contributed by atoms with van der Waals surface area (Å²) in [5.41, 5.74) is 2.44. The van der Waals surface area contributed by atoms with Gasteiger partial charge in [-0.25, -0.2) is 4.98 Å². The van der Waals surface area contributed by atoms with E-state index in [2.05, 4.69) is 10.3 Å². The van der Waals surface area contributed by atoms with Crippen molar-refractivity contribution >= 4 is 22.5 Å². The minimum absolute atomic E-state index is 0.125. The van der Waals surface area contributed by atoms with Gasteiger partial charge in [0.1, 0.15) is 23.9 Å². The third-order valence-electron chi connectivity index (χ3n) is 4.76. The monoisotopic (exact) mass is 374 g/mol. The predicted molar refractivity (Wildman–Crippen MR) is 110 cm³/mol.